The summed E-state index contributed by atoms with van der Waals surface area (Å²) in [5.74, 6) is 0.189. The van der Waals surface area contributed by atoms with E-state index in [4.69, 9.17) is 0 Å². The molecule has 0 heterocycles. The molecule has 1 atom stereocenters. The van der Waals surface area contributed by atoms with Crippen molar-refractivity contribution >= 4 is 10.0 Å². The van der Waals surface area contributed by atoms with Gasteiger partial charge in [-0.3, -0.25) is 0 Å². The molecule has 0 spiro atoms. The van der Waals surface area contributed by atoms with Crippen molar-refractivity contribution < 1.29 is 8.42 Å². The van der Waals surface area contributed by atoms with Gasteiger partial charge in [-0.25, -0.2) is 13.1 Å². The fourth-order valence-corrected chi connectivity index (χ4v) is 3.55. The van der Waals surface area contributed by atoms with Crippen LogP contribution < -0.4 is 10.0 Å². The Balaban J connectivity index is 2.47. The van der Waals surface area contributed by atoms with E-state index in [0.717, 1.165) is 30.6 Å². The zero-order valence-corrected chi connectivity index (χ0v) is 13.5. The van der Waals surface area contributed by atoms with Gasteiger partial charge < -0.3 is 5.32 Å². The number of rotatable bonds is 9. The Labute approximate surface area is 123 Å². The highest BCUT2D eigenvalue weighted by Gasteiger charge is 2.16. The lowest BCUT2D eigenvalue weighted by Crippen LogP contribution is -2.29. The SMILES string of the molecule is CCNCCCCS(=O)(=O)NC(C)c1ccccc1C. The average Bonchev–Trinajstić information content (AvgIpc) is 2.38. The largest absolute Gasteiger partial charge is 0.317 e. The standard InChI is InChI=1S/C15H26N2O2S/c1-4-16-11-7-8-12-20(18,19)17-14(3)15-10-6-5-9-13(15)2/h5-6,9-10,14,16-17H,4,7-8,11-12H2,1-3H3. The third kappa shape index (κ3) is 6.03. The molecule has 20 heavy (non-hydrogen) atoms. The Morgan fingerprint density at radius 2 is 1.90 bits per heavy atom. The number of unbranched alkanes of at least 4 members (excludes halogenated alkanes) is 1. The first-order valence-corrected chi connectivity index (χ1v) is 8.87. The smallest absolute Gasteiger partial charge is 0.212 e. The highest BCUT2D eigenvalue weighted by atomic mass is 32.2. The third-order valence-corrected chi connectivity index (χ3v) is 4.82. The molecule has 0 aliphatic rings. The van der Waals surface area contributed by atoms with E-state index in [-0.39, 0.29) is 11.8 Å². The molecular formula is C15H26N2O2S. The topological polar surface area (TPSA) is 58.2 Å². The van der Waals surface area contributed by atoms with E-state index in [1.165, 1.54) is 0 Å². The van der Waals surface area contributed by atoms with E-state index in [1.807, 2.05) is 45.0 Å². The van der Waals surface area contributed by atoms with Crippen LogP contribution in [0.2, 0.25) is 0 Å². The molecule has 5 heteroatoms. The molecular weight excluding hydrogens is 272 g/mol. The van der Waals surface area contributed by atoms with Gasteiger partial charge in [0.05, 0.1) is 5.75 Å². The van der Waals surface area contributed by atoms with Gasteiger partial charge in [0.15, 0.2) is 0 Å². The van der Waals surface area contributed by atoms with E-state index in [9.17, 15) is 8.42 Å². The Bertz CT molecular complexity index is 500. The van der Waals surface area contributed by atoms with E-state index in [1.54, 1.807) is 0 Å². The first-order chi connectivity index (χ1) is 9.46. The van der Waals surface area contributed by atoms with Crippen molar-refractivity contribution in [3.63, 3.8) is 0 Å². The van der Waals surface area contributed by atoms with Crippen LogP contribution in [0.4, 0.5) is 0 Å². The number of benzene rings is 1. The summed E-state index contributed by atoms with van der Waals surface area (Å²) >= 11 is 0. The van der Waals surface area contributed by atoms with Gasteiger partial charge in [-0.2, -0.15) is 0 Å². The number of aryl methyl sites for hydroxylation is 1. The molecule has 0 fully saturated rings. The van der Waals surface area contributed by atoms with Gasteiger partial charge in [0, 0.05) is 6.04 Å². The lowest BCUT2D eigenvalue weighted by Gasteiger charge is -2.16. The van der Waals surface area contributed by atoms with Gasteiger partial charge in [-0.1, -0.05) is 31.2 Å². The maximum atomic E-state index is 12.0. The number of sulfonamides is 1. The van der Waals surface area contributed by atoms with Crippen molar-refractivity contribution in [2.75, 3.05) is 18.8 Å². The van der Waals surface area contributed by atoms with Crippen LogP contribution in [-0.2, 0) is 10.0 Å². The minimum Gasteiger partial charge on any atom is -0.317 e. The molecule has 2 N–H and O–H groups in total. The second-order valence-electron chi connectivity index (χ2n) is 5.08. The summed E-state index contributed by atoms with van der Waals surface area (Å²) in [5.41, 5.74) is 2.14. The molecule has 0 aromatic heterocycles. The summed E-state index contributed by atoms with van der Waals surface area (Å²) in [4.78, 5) is 0. The van der Waals surface area contributed by atoms with Crippen molar-refractivity contribution in [1.82, 2.24) is 10.0 Å². The fraction of sp³-hybridized carbons (Fsp3) is 0.600. The van der Waals surface area contributed by atoms with Crippen LogP contribution in [0.3, 0.4) is 0 Å². The van der Waals surface area contributed by atoms with Gasteiger partial charge in [0.2, 0.25) is 10.0 Å². The lowest BCUT2D eigenvalue weighted by atomic mass is 10.0. The Morgan fingerprint density at radius 1 is 1.20 bits per heavy atom. The van der Waals surface area contributed by atoms with E-state index >= 15 is 0 Å². The molecule has 0 saturated heterocycles. The molecule has 0 amide bonds. The predicted molar refractivity (Wildman–Crippen MR) is 84.3 cm³/mol. The van der Waals surface area contributed by atoms with Crippen molar-refractivity contribution in [1.29, 1.82) is 0 Å². The molecule has 4 nitrogen and oxygen atoms in total. The first-order valence-electron chi connectivity index (χ1n) is 7.22. The number of hydrogen-bond donors (Lipinski definition) is 2. The van der Waals surface area contributed by atoms with Crippen LogP contribution in [0.1, 0.15) is 43.9 Å². The van der Waals surface area contributed by atoms with E-state index < -0.39 is 10.0 Å². The minimum atomic E-state index is -3.21. The van der Waals surface area contributed by atoms with E-state index in [2.05, 4.69) is 10.0 Å². The van der Waals surface area contributed by atoms with Gasteiger partial charge in [0.25, 0.3) is 0 Å². The van der Waals surface area contributed by atoms with E-state index in [0.29, 0.717) is 6.42 Å². The zero-order chi connectivity index (χ0) is 15.0. The van der Waals surface area contributed by atoms with Crippen molar-refractivity contribution in [3.8, 4) is 0 Å². The molecule has 0 radical (unpaired) electrons. The molecule has 1 aromatic carbocycles. The minimum absolute atomic E-state index is 0.185. The average molecular weight is 298 g/mol. The highest BCUT2D eigenvalue weighted by molar-refractivity contribution is 7.89. The molecule has 114 valence electrons. The molecule has 0 bridgehead atoms. The van der Waals surface area contributed by atoms with Crippen LogP contribution in [-0.4, -0.2) is 27.3 Å². The summed E-state index contributed by atoms with van der Waals surface area (Å²) in [5, 5.41) is 3.19. The van der Waals surface area contributed by atoms with Crippen LogP contribution in [0, 0.1) is 6.92 Å². The number of hydrogen-bond acceptors (Lipinski definition) is 3. The zero-order valence-electron chi connectivity index (χ0n) is 12.6. The first kappa shape index (κ1) is 17.1. The summed E-state index contributed by atoms with van der Waals surface area (Å²) in [6, 6.07) is 7.67. The van der Waals surface area contributed by atoms with Crippen molar-refractivity contribution in [3.05, 3.63) is 35.4 Å². The normalized spacial score (nSPS) is 13.3. The van der Waals surface area contributed by atoms with Gasteiger partial charge in [-0.15, -0.1) is 0 Å². The third-order valence-electron chi connectivity index (χ3n) is 3.28. The second kappa shape index (κ2) is 8.39. The van der Waals surface area contributed by atoms with Gasteiger partial charge in [0.1, 0.15) is 0 Å². The van der Waals surface area contributed by atoms with Crippen LogP contribution in [0.5, 0.6) is 0 Å². The lowest BCUT2D eigenvalue weighted by molar-refractivity contribution is 0.560. The number of nitrogens with one attached hydrogen (secondary N) is 2. The Morgan fingerprint density at radius 3 is 2.55 bits per heavy atom. The molecule has 1 unspecified atom stereocenters. The van der Waals surface area contributed by atoms with Crippen molar-refractivity contribution in [2.24, 2.45) is 0 Å². The maximum Gasteiger partial charge on any atom is 0.212 e. The molecule has 0 aliphatic heterocycles. The molecule has 1 rings (SSSR count). The van der Waals surface area contributed by atoms with Gasteiger partial charge >= 0.3 is 0 Å². The van der Waals surface area contributed by atoms with Crippen LogP contribution in [0.25, 0.3) is 0 Å². The summed E-state index contributed by atoms with van der Waals surface area (Å²) in [6.07, 6.45) is 1.57. The predicted octanol–water partition coefficient (Wildman–Crippen LogP) is 2.37. The van der Waals surface area contributed by atoms with Gasteiger partial charge in [-0.05, 0) is 50.9 Å². The van der Waals surface area contributed by atoms with Crippen LogP contribution in [0.15, 0.2) is 24.3 Å². The molecule has 0 saturated carbocycles. The molecule has 1 aromatic rings. The van der Waals surface area contributed by atoms with Crippen molar-refractivity contribution in [2.45, 2.75) is 39.7 Å². The monoisotopic (exact) mass is 298 g/mol. The Hall–Kier alpha value is -0.910. The summed E-state index contributed by atoms with van der Waals surface area (Å²) < 4.78 is 26.8. The fourth-order valence-electron chi connectivity index (χ4n) is 2.18. The van der Waals surface area contributed by atoms with Crippen LogP contribution >= 0.6 is 0 Å². The highest BCUT2D eigenvalue weighted by Crippen LogP contribution is 2.17. The second-order valence-corrected chi connectivity index (χ2v) is 6.95. The maximum absolute atomic E-state index is 12.0. The summed E-state index contributed by atoms with van der Waals surface area (Å²) in [6.45, 7) is 7.73. The summed E-state index contributed by atoms with van der Waals surface area (Å²) in [7, 11) is -3.21. The Kier molecular flexibility index (Phi) is 7.19. The quantitative estimate of drug-likeness (QED) is 0.688. The molecule has 0 aliphatic carbocycles.